The number of nitrogens with one attached hydrogen (secondary N) is 1. The molecule has 1 aliphatic rings. The van der Waals surface area contributed by atoms with Crippen LogP contribution in [0, 0.1) is 0 Å². The fourth-order valence-corrected chi connectivity index (χ4v) is 3.17. The van der Waals surface area contributed by atoms with Crippen LogP contribution >= 0.6 is 11.8 Å². The van der Waals surface area contributed by atoms with Crippen LogP contribution < -0.4 is 14.8 Å². The molecule has 26 heavy (non-hydrogen) atoms. The van der Waals surface area contributed by atoms with E-state index in [4.69, 9.17) is 9.47 Å². The molecule has 0 aliphatic carbocycles. The largest absolute Gasteiger partial charge is 0.508 e. The number of phenols is 1. The van der Waals surface area contributed by atoms with Gasteiger partial charge in [0.1, 0.15) is 5.75 Å². The number of benzene rings is 2. The lowest BCUT2D eigenvalue weighted by atomic mass is 10.2. The number of carbonyl (C=O) groups is 1. The lowest BCUT2D eigenvalue weighted by Crippen LogP contribution is -2.19. The average Bonchev–Trinajstić information content (AvgIpc) is 2.97. The fraction of sp³-hybridized carbons (Fsp3) is 0.158. The number of ether oxygens (including phenoxy) is 2. The van der Waals surface area contributed by atoms with Crippen LogP contribution in [0.3, 0.4) is 0 Å². The van der Waals surface area contributed by atoms with Gasteiger partial charge >= 0.3 is 0 Å². The number of carbonyl (C=O) groups excluding carboxylic acids is 1. The number of amidine groups is 1. The molecule has 0 aromatic heterocycles. The zero-order valence-corrected chi connectivity index (χ0v) is 15.2. The van der Waals surface area contributed by atoms with Crippen LogP contribution in [0.1, 0.15) is 12.5 Å². The molecule has 3 rings (SSSR count). The first-order valence-corrected chi connectivity index (χ1v) is 8.80. The molecule has 0 spiro atoms. The van der Waals surface area contributed by atoms with E-state index in [1.165, 1.54) is 11.8 Å². The monoisotopic (exact) mass is 370 g/mol. The highest BCUT2D eigenvalue weighted by Gasteiger charge is 2.24. The molecule has 0 saturated carbocycles. The highest BCUT2D eigenvalue weighted by molar-refractivity contribution is 8.18. The maximum Gasteiger partial charge on any atom is 0.264 e. The molecule has 1 amide bonds. The molecule has 7 heteroatoms. The number of aromatic hydroxyl groups is 1. The predicted molar refractivity (Wildman–Crippen MR) is 103 cm³/mol. The van der Waals surface area contributed by atoms with Crippen molar-refractivity contribution in [3.63, 3.8) is 0 Å². The van der Waals surface area contributed by atoms with Gasteiger partial charge in [-0.3, -0.25) is 4.79 Å². The molecule has 0 bridgehead atoms. The van der Waals surface area contributed by atoms with Crippen LogP contribution in [-0.2, 0) is 4.79 Å². The summed E-state index contributed by atoms with van der Waals surface area (Å²) in [6.45, 7) is 2.45. The second-order valence-corrected chi connectivity index (χ2v) is 6.37. The summed E-state index contributed by atoms with van der Waals surface area (Å²) in [6, 6.07) is 11.9. The van der Waals surface area contributed by atoms with Gasteiger partial charge in [0.05, 0.1) is 24.3 Å². The van der Waals surface area contributed by atoms with Crippen LogP contribution in [0.5, 0.6) is 17.2 Å². The third kappa shape index (κ3) is 4.18. The van der Waals surface area contributed by atoms with Crippen LogP contribution in [-0.4, -0.2) is 29.9 Å². The van der Waals surface area contributed by atoms with E-state index in [2.05, 4.69) is 10.3 Å². The molecule has 6 nitrogen and oxygen atoms in total. The van der Waals surface area contributed by atoms with E-state index < -0.39 is 0 Å². The van der Waals surface area contributed by atoms with Gasteiger partial charge in [0.2, 0.25) is 0 Å². The quantitative estimate of drug-likeness (QED) is 0.785. The Kier molecular flexibility index (Phi) is 5.48. The Hall–Kier alpha value is -2.93. The van der Waals surface area contributed by atoms with Crippen molar-refractivity contribution in [2.24, 2.45) is 4.99 Å². The van der Waals surface area contributed by atoms with Gasteiger partial charge in [-0.1, -0.05) is 6.07 Å². The highest BCUT2D eigenvalue weighted by atomic mass is 32.2. The highest BCUT2D eigenvalue weighted by Crippen LogP contribution is 2.32. The summed E-state index contributed by atoms with van der Waals surface area (Å²) in [5.41, 5.74) is 1.48. The van der Waals surface area contributed by atoms with Gasteiger partial charge in [-0.15, -0.1) is 0 Å². The smallest absolute Gasteiger partial charge is 0.264 e. The van der Waals surface area contributed by atoms with Gasteiger partial charge in [0, 0.05) is 0 Å². The van der Waals surface area contributed by atoms with Crippen molar-refractivity contribution in [1.82, 2.24) is 5.32 Å². The summed E-state index contributed by atoms with van der Waals surface area (Å²) in [5.74, 6) is 1.24. The molecule has 2 N–H and O–H groups in total. The number of amides is 1. The first kappa shape index (κ1) is 17.9. The topological polar surface area (TPSA) is 80.2 Å². The molecular formula is C19H18N2O4S. The number of aliphatic imine (C=N–C) groups is 1. The number of nitrogens with zero attached hydrogens (tertiary/aromatic N) is 1. The Balaban J connectivity index is 1.81. The summed E-state index contributed by atoms with van der Waals surface area (Å²) in [7, 11) is 1.58. The Morgan fingerprint density at radius 1 is 1.19 bits per heavy atom. The van der Waals surface area contributed by atoms with Gasteiger partial charge in [-0.25, -0.2) is 4.99 Å². The fourth-order valence-electron chi connectivity index (χ4n) is 2.33. The molecule has 2 aromatic rings. The van der Waals surface area contributed by atoms with Crippen molar-refractivity contribution in [3.05, 3.63) is 52.9 Å². The number of hydrogen-bond donors (Lipinski definition) is 2. The zero-order valence-electron chi connectivity index (χ0n) is 14.4. The maximum atomic E-state index is 12.2. The van der Waals surface area contributed by atoms with Crippen LogP contribution in [0.2, 0.25) is 0 Å². The molecule has 1 fully saturated rings. The first-order chi connectivity index (χ1) is 12.6. The number of phenolic OH excluding ortho intramolecular Hbond substituents is 1. The van der Waals surface area contributed by atoms with E-state index in [-0.39, 0.29) is 11.7 Å². The van der Waals surface area contributed by atoms with Gasteiger partial charge in [-0.05, 0) is 66.7 Å². The van der Waals surface area contributed by atoms with Gasteiger partial charge in [0.25, 0.3) is 5.91 Å². The van der Waals surface area contributed by atoms with Crippen LogP contribution in [0.4, 0.5) is 5.69 Å². The lowest BCUT2D eigenvalue weighted by Gasteiger charge is -2.09. The lowest BCUT2D eigenvalue weighted by molar-refractivity contribution is -0.115. The van der Waals surface area contributed by atoms with Crippen molar-refractivity contribution >= 4 is 34.6 Å². The van der Waals surface area contributed by atoms with Crippen molar-refractivity contribution < 1.29 is 19.4 Å². The SMILES string of the molecule is CCOc1ccc(C=C2SC(=Nc3ccc(O)cc3)NC2=O)cc1OC. The number of hydrogen-bond acceptors (Lipinski definition) is 6. The molecule has 1 aliphatic heterocycles. The number of methoxy groups -OCH3 is 1. The first-order valence-electron chi connectivity index (χ1n) is 7.98. The Morgan fingerprint density at radius 3 is 2.65 bits per heavy atom. The third-order valence-electron chi connectivity index (χ3n) is 3.52. The summed E-state index contributed by atoms with van der Waals surface area (Å²) in [4.78, 5) is 17.1. The molecule has 1 saturated heterocycles. The second-order valence-electron chi connectivity index (χ2n) is 5.34. The van der Waals surface area contributed by atoms with E-state index in [1.807, 2.05) is 25.1 Å². The third-order valence-corrected chi connectivity index (χ3v) is 4.43. The van der Waals surface area contributed by atoms with E-state index in [0.29, 0.717) is 33.9 Å². The minimum absolute atomic E-state index is 0.169. The summed E-state index contributed by atoms with van der Waals surface area (Å²) in [5, 5.41) is 12.5. The molecular weight excluding hydrogens is 352 g/mol. The van der Waals surface area contributed by atoms with Crippen molar-refractivity contribution in [1.29, 1.82) is 0 Å². The standard InChI is InChI=1S/C19H18N2O4S/c1-3-25-15-9-4-12(10-16(15)24-2)11-17-18(23)21-19(26-17)20-13-5-7-14(22)8-6-13/h4-11,22H,3H2,1-2H3,(H,20,21,23). The van der Waals surface area contributed by atoms with E-state index in [9.17, 15) is 9.90 Å². The number of thioether (sulfide) groups is 1. The minimum atomic E-state index is -0.208. The summed E-state index contributed by atoms with van der Waals surface area (Å²) >= 11 is 1.26. The normalized spacial score (nSPS) is 16.8. The van der Waals surface area contributed by atoms with Gasteiger partial charge < -0.3 is 19.9 Å². The molecule has 0 atom stereocenters. The van der Waals surface area contributed by atoms with Crippen molar-refractivity contribution in [2.45, 2.75) is 6.92 Å². The summed E-state index contributed by atoms with van der Waals surface area (Å²) in [6.07, 6.45) is 1.78. The molecule has 2 aromatic carbocycles. The predicted octanol–water partition coefficient (Wildman–Crippen LogP) is 3.69. The summed E-state index contributed by atoms with van der Waals surface area (Å²) < 4.78 is 10.8. The van der Waals surface area contributed by atoms with Crippen molar-refractivity contribution in [2.75, 3.05) is 13.7 Å². The Bertz CT molecular complexity index is 876. The van der Waals surface area contributed by atoms with E-state index >= 15 is 0 Å². The minimum Gasteiger partial charge on any atom is -0.508 e. The molecule has 134 valence electrons. The Morgan fingerprint density at radius 2 is 1.96 bits per heavy atom. The van der Waals surface area contributed by atoms with Crippen molar-refractivity contribution in [3.8, 4) is 17.2 Å². The number of rotatable bonds is 5. The zero-order chi connectivity index (χ0) is 18.5. The second kappa shape index (κ2) is 7.97. The average molecular weight is 370 g/mol. The van der Waals surface area contributed by atoms with E-state index in [1.54, 1.807) is 37.5 Å². The molecule has 0 unspecified atom stereocenters. The van der Waals surface area contributed by atoms with Gasteiger partial charge in [-0.2, -0.15) is 0 Å². The van der Waals surface area contributed by atoms with Crippen LogP contribution in [0.15, 0.2) is 52.4 Å². The molecule has 1 heterocycles. The Labute approximate surface area is 155 Å². The maximum absolute atomic E-state index is 12.2. The van der Waals surface area contributed by atoms with Crippen LogP contribution in [0.25, 0.3) is 6.08 Å². The van der Waals surface area contributed by atoms with Gasteiger partial charge in [0.15, 0.2) is 16.7 Å². The van der Waals surface area contributed by atoms with E-state index in [0.717, 1.165) is 5.56 Å². The molecule has 0 radical (unpaired) electrons.